The number of nitrogens with zero attached hydrogens (tertiary/aromatic N) is 3. The fourth-order valence-electron chi connectivity index (χ4n) is 3.37. The Bertz CT molecular complexity index is 746. The first-order valence-electron chi connectivity index (χ1n) is 7.89. The quantitative estimate of drug-likeness (QED) is 0.831. The molecule has 0 fully saturated rings. The van der Waals surface area contributed by atoms with Gasteiger partial charge in [0.1, 0.15) is 0 Å². The van der Waals surface area contributed by atoms with Crippen LogP contribution in [0.1, 0.15) is 30.9 Å². The maximum atomic E-state index is 12.6. The summed E-state index contributed by atoms with van der Waals surface area (Å²) in [7, 11) is 4.07. The molecule has 0 bridgehead atoms. The van der Waals surface area contributed by atoms with E-state index in [4.69, 9.17) is 4.99 Å². The minimum Gasteiger partial charge on any atom is -0.378 e. The van der Waals surface area contributed by atoms with Crippen molar-refractivity contribution in [3.8, 4) is 0 Å². The van der Waals surface area contributed by atoms with Crippen molar-refractivity contribution < 1.29 is 4.79 Å². The molecule has 118 valence electrons. The largest absolute Gasteiger partial charge is 0.378 e. The van der Waals surface area contributed by atoms with Crippen LogP contribution in [-0.4, -0.2) is 29.9 Å². The Morgan fingerprint density at radius 1 is 1.22 bits per heavy atom. The zero-order chi connectivity index (χ0) is 16.0. The summed E-state index contributed by atoms with van der Waals surface area (Å²) in [6.45, 7) is 0. The predicted molar refractivity (Wildman–Crippen MR) is 95.4 cm³/mol. The second kappa shape index (κ2) is 5.57. The highest BCUT2D eigenvalue weighted by molar-refractivity contribution is 8.16. The number of ketones is 1. The smallest absolute Gasteiger partial charge is 0.173 e. The van der Waals surface area contributed by atoms with E-state index >= 15 is 0 Å². The molecule has 0 spiro atoms. The number of carbonyl (C=O) groups excluding carboxylic acids is 1. The molecule has 0 aromatic heterocycles. The first-order valence-corrected chi connectivity index (χ1v) is 8.77. The van der Waals surface area contributed by atoms with Gasteiger partial charge in [0.05, 0.1) is 11.7 Å². The van der Waals surface area contributed by atoms with E-state index in [0.29, 0.717) is 6.42 Å². The average molecular weight is 325 g/mol. The molecule has 0 saturated heterocycles. The van der Waals surface area contributed by atoms with Gasteiger partial charge < -0.3 is 9.80 Å². The molecule has 0 saturated carbocycles. The van der Waals surface area contributed by atoms with E-state index in [1.54, 1.807) is 11.8 Å². The third-order valence-corrected chi connectivity index (χ3v) is 5.32. The molecular weight excluding hydrogens is 306 g/mol. The van der Waals surface area contributed by atoms with Crippen molar-refractivity contribution in [2.75, 3.05) is 19.0 Å². The zero-order valence-corrected chi connectivity index (χ0v) is 14.1. The minimum absolute atomic E-state index is 0.0345. The van der Waals surface area contributed by atoms with E-state index in [0.717, 1.165) is 40.5 Å². The number of carbonyl (C=O) groups is 1. The molecule has 2 aliphatic heterocycles. The first-order chi connectivity index (χ1) is 11.1. The number of anilines is 1. The average Bonchev–Trinajstić information content (AvgIpc) is 3.01. The van der Waals surface area contributed by atoms with Crippen LogP contribution in [0.4, 0.5) is 5.69 Å². The van der Waals surface area contributed by atoms with Crippen molar-refractivity contribution in [3.05, 3.63) is 52.7 Å². The van der Waals surface area contributed by atoms with E-state index in [-0.39, 0.29) is 11.8 Å². The first kappa shape index (κ1) is 14.6. The Labute approximate surface area is 140 Å². The van der Waals surface area contributed by atoms with Crippen LogP contribution in [0.5, 0.6) is 0 Å². The van der Waals surface area contributed by atoms with E-state index in [1.165, 1.54) is 0 Å². The highest BCUT2D eigenvalue weighted by atomic mass is 32.2. The maximum Gasteiger partial charge on any atom is 0.173 e. The minimum atomic E-state index is -0.0345. The van der Waals surface area contributed by atoms with E-state index in [9.17, 15) is 4.79 Å². The van der Waals surface area contributed by atoms with Crippen molar-refractivity contribution in [2.24, 2.45) is 4.99 Å². The summed E-state index contributed by atoms with van der Waals surface area (Å²) in [5, 5.41) is 3.03. The molecule has 1 aromatic carbocycles. The number of hydrogen-bond donors (Lipinski definition) is 0. The zero-order valence-electron chi connectivity index (χ0n) is 13.3. The van der Waals surface area contributed by atoms with Gasteiger partial charge in [-0.05, 0) is 35.9 Å². The topological polar surface area (TPSA) is 35.9 Å². The second-order valence-corrected chi connectivity index (χ2v) is 7.10. The van der Waals surface area contributed by atoms with Crippen LogP contribution < -0.4 is 4.90 Å². The number of amidine groups is 1. The molecule has 4 nitrogen and oxygen atoms in total. The fourth-order valence-corrected chi connectivity index (χ4v) is 4.14. The number of rotatable bonds is 2. The fraction of sp³-hybridized carbons (Fsp3) is 0.333. The number of fused-ring (bicyclic) bond motifs is 1. The van der Waals surface area contributed by atoms with Gasteiger partial charge >= 0.3 is 0 Å². The molecule has 1 aliphatic carbocycles. The van der Waals surface area contributed by atoms with Crippen LogP contribution in [0.15, 0.2) is 52.1 Å². The van der Waals surface area contributed by atoms with Gasteiger partial charge in [0.2, 0.25) is 0 Å². The Hall–Kier alpha value is -2.01. The lowest BCUT2D eigenvalue weighted by Gasteiger charge is -2.36. The molecule has 23 heavy (non-hydrogen) atoms. The SMILES string of the molecule is CN(C)c1ccc(C2C3=C(CCCC3=O)N=C3SC=CN32)cc1. The molecule has 0 amide bonds. The summed E-state index contributed by atoms with van der Waals surface area (Å²) in [5.41, 5.74) is 4.20. The summed E-state index contributed by atoms with van der Waals surface area (Å²) in [4.78, 5) is 21.5. The molecular formula is C18H19N3OS. The third kappa shape index (κ3) is 2.39. The van der Waals surface area contributed by atoms with E-state index in [2.05, 4.69) is 34.1 Å². The number of benzene rings is 1. The van der Waals surface area contributed by atoms with E-state index in [1.807, 2.05) is 25.7 Å². The molecule has 1 atom stereocenters. The second-order valence-electron chi connectivity index (χ2n) is 6.23. The summed E-state index contributed by atoms with van der Waals surface area (Å²) in [5.74, 6) is 0.251. The standard InChI is InChI=1S/C18H19N3OS/c1-20(2)13-8-6-12(7-9-13)17-16-14(4-3-5-15(16)22)19-18-21(17)10-11-23-18/h6-11,17H,3-5H2,1-2H3. The predicted octanol–water partition coefficient (Wildman–Crippen LogP) is 3.69. The van der Waals surface area contributed by atoms with Gasteiger partial charge in [-0.1, -0.05) is 23.9 Å². The van der Waals surface area contributed by atoms with Crippen LogP contribution in [0.25, 0.3) is 0 Å². The number of Topliss-reactive ketones (excluding diaryl/α,β-unsaturated/α-hetero) is 1. The summed E-state index contributed by atoms with van der Waals surface area (Å²) >= 11 is 1.63. The van der Waals surface area contributed by atoms with Gasteiger partial charge in [0, 0.05) is 38.0 Å². The molecule has 0 radical (unpaired) electrons. The van der Waals surface area contributed by atoms with Crippen LogP contribution in [0.2, 0.25) is 0 Å². The Morgan fingerprint density at radius 3 is 2.74 bits per heavy atom. The van der Waals surface area contributed by atoms with Gasteiger partial charge in [-0.25, -0.2) is 4.99 Å². The van der Waals surface area contributed by atoms with Crippen LogP contribution >= 0.6 is 11.8 Å². The van der Waals surface area contributed by atoms with Crippen molar-refractivity contribution in [1.82, 2.24) is 4.90 Å². The molecule has 3 aliphatic rings. The normalized spacial score (nSPS) is 22.9. The Kier molecular flexibility index (Phi) is 3.53. The lowest BCUT2D eigenvalue weighted by molar-refractivity contribution is -0.116. The third-order valence-electron chi connectivity index (χ3n) is 4.55. The number of aliphatic imine (C=N–C) groups is 1. The molecule has 0 N–H and O–H groups in total. The number of hydrogen-bond acceptors (Lipinski definition) is 5. The van der Waals surface area contributed by atoms with Gasteiger partial charge in [-0.15, -0.1) is 0 Å². The molecule has 1 aromatic rings. The van der Waals surface area contributed by atoms with Gasteiger partial charge in [-0.3, -0.25) is 4.79 Å². The lowest BCUT2D eigenvalue weighted by atomic mass is 9.85. The highest BCUT2D eigenvalue weighted by Crippen LogP contribution is 2.44. The van der Waals surface area contributed by atoms with Crippen molar-refractivity contribution >= 4 is 28.4 Å². The summed E-state index contributed by atoms with van der Waals surface area (Å²) in [6.07, 6.45) is 4.50. The molecule has 2 heterocycles. The van der Waals surface area contributed by atoms with Gasteiger partial charge in [0.15, 0.2) is 11.0 Å². The van der Waals surface area contributed by atoms with Crippen molar-refractivity contribution in [2.45, 2.75) is 25.3 Å². The summed E-state index contributed by atoms with van der Waals surface area (Å²) < 4.78 is 0. The highest BCUT2D eigenvalue weighted by Gasteiger charge is 2.38. The molecule has 4 rings (SSSR count). The summed E-state index contributed by atoms with van der Waals surface area (Å²) in [6, 6.07) is 8.45. The van der Waals surface area contributed by atoms with Crippen LogP contribution in [0, 0.1) is 0 Å². The van der Waals surface area contributed by atoms with Gasteiger partial charge in [0.25, 0.3) is 0 Å². The maximum absolute atomic E-state index is 12.6. The Morgan fingerprint density at radius 2 is 2.00 bits per heavy atom. The monoisotopic (exact) mass is 325 g/mol. The van der Waals surface area contributed by atoms with Gasteiger partial charge in [-0.2, -0.15) is 0 Å². The van der Waals surface area contributed by atoms with Crippen LogP contribution in [0.3, 0.4) is 0 Å². The number of thioether (sulfide) groups is 1. The molecule has 1 unspecified atom stereocenters. The Balaban J connectivity index is 1.80. The van der Waals surface area contributed by atoms with Crippen molar-refractivity contribution in [3.63, 3.8) is 0 Å². The number of allylic oxidation sites excluding steroid dienone is 1. The lowest BCUT2D eigenvalue weighted by Crippen LogP contribution is -2.35. The van der Waals surface area contributed by atoms with E-state index < -0.39 is 0 Å². The van der Waals surface area contributed by atoms with Crippen LogP contribution in [-0.2, 0) is 4.79 Å². The van der Waals surface area contributed by atoms with Crippen molar-refractivity contribution in [1.29, 1.82) is 0 Å². The molecule has 5 heteroatoms.